The van der Waals surface area contributed by atoms with Crippen molar-refractivity contribution in [2.75, 3.05) is 21.2 Å². The Kier molecular flexibility index (Phi) is 5.17. The normalized spacial score (nSPS) is 16.4. The molecule has 0 aliphatic carbocycles. The van der Waals surface area contributed by atoms with Crippen molar-refractivity contribution in [1.29, 1.82) is 0 Å². The van der Waals surface area contributed by atoms with Crippen molar-refractivity contribution in [2.45, 2.75) is 38.3 Å². The van der Waals surface area contributed by atoms with E-state index in [4.69, 9.17) is 10.5 Å². The fraction of sp³-hybridized carbons (Fsp3) is 0.600. The zero-order valence-electron chi connectivity index (χ0n) is 12.2. The standard InChI is InChI=1S/C15H26N2O/c1-6-15(2,17(3)4)14(16)11-12-9-7-8-10-13(12)18-5/h7-10,14H,6,11,16H2,1-5H3. The molecule has 0 bridgehead atoms. The largest absolute Gasteiger partial charge is 0.496 e. The summed E-state index contributed by atoms with van der Waals surface area (Å²) in [5.74, 6) is 0.921. The SMILES string of the molecule is CCC(C)(C(N)Cc1ccccc1OC)N(C)C. The molecule has 2 N–H and O–H groups in total. The van der Waals surface area contributed by atoms with Crippen molar-refractivity contribution in [3.8, 4) is 5.75 Å². The molecule has 18 heavy (non-hydrogen) atoms. The van der Waals surface area contributed by atoms with Crippen LogP contribution in [0.3, 0.4) is 0 Å². The van der Waals surface area contributed by atoms with Crippen LogP contribution in [-0.4, -0.2) is 37.7 Å². The van der Waals surface area contributed by atoms with Crippen LogP contribution in [0.5, 0.6) is 5.75 Å². The fourth-order valence-corrected chi connectivity index (χ4v) is 2.24. The second-order valence-corrected chi connectivity index (χ2v) is 5.23. The van der Waals surface area contributed by atoms with Gasteiger partial charge in [-0.1, -0.05) is 25.1 Å². The quantitative estimate of drug-likeness (QED) is 0.842. The van der Waals surface area contributed by atoms with Gasteiger partial charge in [0.25, 0.3) is 0 Å². The van der Waals surface area contributed by atoms with Crippen LogP contribution < -0.4 is 10.5 Å². The van der Waals surface area contributed by atoms with Crippen LogP contribution in [-0.2, 0) is 6.42 Å². The van der Waals surface area contributed by atoms with E-state index in [0.717, 1.165) is 18.6 Å². The Morgan fingerprint density at radius 1 is 1.33 bits per heavy atom. The Morgan fingerprint density at radius 3 is 2.44 bits per heavy atom. The number of likely N-dealkylation sites (N-methyl/N-ethyl adjacent to an activating group) is 1. The highest BCUT2D eigenvalue weighted by atomic mass is 16.5. The fourth-order valence-electron chi connectivity index (χ4n) is 2.24. The summed E-state index contributed by atoms with van der Waals surface area (Å²) in [6, 6.07) is 8.17. The summed E-state index contributed by atoms with van der Waals surface area (Å²) in [6.07, 6.45) is 1.85. The Hall–Kier alpha value is -1.06. The van der Waals surface area contributed by atoms with Gasteiger partial charge in [-0.2, -0.15) is 0 Å². The van der Waals surface area contributed by atoms with E-state index < -0.39 is 0 Å². The smallest absolute Gasteiger partial charge is 0.122 e. The predicted octanol–water partition coefficient (Wildman–Crippen LogP) is 2.30. The van der Waals surface area contributed by atoms with Crippen LogP contribution in [0.25, 0.3) is 0 Å². The summed E-state index contributed by atoms with van der Waals surface area (Å²) in [6.45, 7) is 4.40. The van der Waals surface area contributed by atoms with Gasteiger partial charge < -0.3 is 15.4 Å². The van der Waals surface area contributed by atoms with E-state index in [-0.39, 0.29) is 11.6 Å². The van der Waals surface area contributed by atoms with E-state index in [1.807, 2.05) is 18.2 Å². The maximum atomic E-state index is 6.42. The molecule has 1 rings (SSSR count). The Labute approximate surface area is 111 Å². The summed E-state index contributed by atoms with van der Waals surface area (Å²) in [5.41, 5.74) is 7.60. The van der Waals surface area contributed by atoms with Crippen LogP contribution >= 0.6 is 0 Å². The average Bonchev–Trinajstić information content (AvgIpc) is 2.37. The summed E-state index contributed by atoms with van der Waals surface area (Å²) in [5, 5.41) is 0. The molecule has 3 nitrogen and oxygen atoms in total. The molecule has 0 saturated heterocycles. The molecule has 0 aromatic heterocycles. The number of nitrogens with zero attached hydrogens (tertiary/aromatic N) is 1. The number of methoxy groups -OCH3 is 1. The Bertz CT molecular complexity index is 379. The summed E-state index contributed by atoms with van der Waals surface area (Å²) in [4.78, 5) is 2.22. The summed E-state index contributed by atoms with van der Waals surface area (Å²) in [7, 11) is 5.88. The molecule has 0 aliphatic rings. The van der Waals surface area contributed by atoms with Gasteiger partial charge in [-0.25, -0.2) is 0 Å². The number of benzene rings is 1. The monoisotopic (exact) mass is 250 g/mol. The number of para-hydroxylation sites is 1. The summed E-state index contributed by atoms with van der Waals surface area (Å²) >= 11 is 0. The minimum atomic E-state index is 0.000846. The molecule has 3 heteroatoms. The molecule has 0 amide bonds. The topological polar surface area (TPSA) is 38.5 Å². The van der Waals surface area contributed by atoms with E-state index in [1.54, 1.807) is 7.11 Å². The zero-order valence-corrected chi connectivity index (χ0v) is 12.2. The lowest BCUT2D eigenvalue weighted by molar-refractivity contribution is 0.131. The third kappa shape index (κ3) is 3.03. The van der Waals surface area contributed by atoms with Gasteiger partial charge in [0.2, 0.25) is 0 Å². The second kappa shape index (κ2) is 6.21. The van der Waals surface area contributed by atoms with Crippen molar-refractivity contribution < 1.29 is 4.74 Å². The molecular formula is C15H26N2O. The molecule has 0 aliphatic heterocycles. The number of hydrogen-bond donors (Lipinski definition) is 1. The van der Waals surface area contributed by atoms with Gasteiger partial charge in [0.1, 0.15) is 5.75 Å². The minimum Gasteiger partial charge on any atom is -0.496 e. The first kappa shape index (κ1) is 15.0. The molecule has 102 valence electrons. The first-order valence-corrected chi connectivity index (χ1v) is 6.50. The highest BCUT2D eigenvalue weighted by Gasteiger charge is 2.32. The first-order chi connectivity index (χ1) is 8.45. The van der Waals surface area contributed by atoms with Crippen molar-refractivity contribution in [2.24, 2.45) is 5.73 Å². The van der Waals surface area contributed by atoms with Gasteiger partial charge in [0.15, 0.2) is 0 Å². The van der Waals surface area contributed by atoms with Gasteiger partial charge >= 0.3 is 0 Å². The van der Waals surface area contributed by atoms with Crippen LogP contribution in [0.15, 0.2) is 24.3 Å². The molecule has 0 spiro atoms. The first-order valence-electron chi connectivity index (χ1n) is 6.50. The van der Waals surface area contributed by atoms with E-state index in [0.29, 0.717) is 0 Å². The molecule has 0 heterocycles. The van der Waals surface area contributed by atoms with Crippen LogP contribution in [0.1, 0.15) is 25.8 Å². The third-order valence-electron chi connectivity index (χ3n) is 4.17. The lowest BCUT2D eigenvalue weighted by Gasteiger charge is -2.41. The van der Waals surface area contributed by atoms with Gasteiger partial charge in [0.05, 0.1) is 7.11 Å². The van der Waals surface area contributed by atoms with Crippen molar-refractivity contribution in [3.63, 3.8) is 0 Å². The minimum absolute atomic E-state index is 0.000846. The van der Waals surface area contributed by atoms with Crippen LogP contribution in [0, 0.1) is 0 Å². The van der Waals surface area contributed by atoms with Gasteiger partial charge in [-0.15, -0.1) is 0 Å². The molecule has 2 unspecified atom stereocenters. The predicted molar refractivity (Wildman–Crippen MR) is 77.1 cm³/mol. The second-order valence-electron chi connectivity index (χ2n) is 5.23. The molecule has 0 fully saturated rings. The average molecular weight is 250 g/mol. The molecule has 0 saturated carbocycles. The maximum Gasteiger partial charge on any atom is 0.122 e. The van der Waals surface area contributed by atoms with Gasteiger partial charge in [0, 0.05) is 11.6 Å². The third-order valence-corrected chi connectivity index (χ3v) is 4.17. The Balaban J connectivity index is 2.89. The van der Waals surface area contributed by atoms with Crippen LogP contribution in [0.4, 0.5) is 0 Å². The van der Waals surface area contributed by atoms with Gasteiger partial charge in [-0.3, -0.25) is 0 Å². The Morgan fingerprint density at radius 2 is 1.94 bits per heavy atom. The van der Waals surface area contributed by atoms with Crippen molar-refractivity contribution in [3.05, 3.63) is 29.8 Å². The van der Waals surface area contributed by atoms with E-state index in [9.17, 15) is 0 Å². The van der Waals surface area contributed by atoms with Gasteiger partial charge in [-0.05, 0) is 45.5 Å². The molecule has 2 atom stereocenters. The van der Waals surface area contributed by atoms with Crippen molar-refractivity contribution in [1.82, 2.24) is 4.90 Å². The van der Waals surface area contributed by atoms with E-state index in [1.165, 1.54) is 5.56 Å². The number of ether oxygens (including phenoxy) is 1. The number of rotatable bonds is 6. The highest BCUT2D eigenvalue weighted by Crippen LogP contribution is 2.25. The van der Waals surface area contributed by atoms with E-state index in [2.05, 4.69) is 38.9 Å². The zero-order chi connectivity index (χ0) is 13.8. The molecule has 1 aromatic rings. The number of nitrogens with two attached hydrogens (primary N) is 1. The lowest BCUT2D eigenvalue weighted by Crippen LogP contribution is -2.55. The lowest BCUT2D eigenvalue weighted by atomic mass is 9.84. The van der Waals surface area contributed by atoms with Crippen LogP contribution in [0.2, 0.25) is 0 Å². The van der Waals surface area contributed by atoms with E-state index >= 15 is 0 Å². The highest BCUT2D eigenvalue weighted by molar-refractivity contribution is 5.34. The maximum absolute atomic E-state index is 6.42. The number of hydrogen-bond acceptors (Lipinski definition) is 3. The summed E-state index contributed by atoms with van der Waals surface area (Å²) < 4.78 is 5.38. The van der Waals surface area contributed by atoms with Crippen molar-refractivity contribution >= 4 is 0 Å². The molecular weight excluding hydrogens is 224 g/mol. The molecule has 0 radical (unpaired) electrons. The molecule has 1 aromatic carbocycles.